The van der Waals surface area contributed by atoms with E-state index in [4.69, 9.17) is 29.0 Å². The summed E-state index contributed by atoms with van der Waals surface area (Å²) >= 11 is 4.79. The Morgan fingerprint density at radius 1 is 0.940 bits per heavy atom. The van der Waals surface area contributed by atoms with Crippen LogP contribution < -0.4 is 29.1 Å². The number of hydrogen-bond donors (Lipinski definition) is 1. The number of carboxylic acid groups (broad SMARTS) is 1. The van der Waals surface area contributed by atoms with Crippen LogP contribution in [0.15, 0.2) is 111 Å². The monoisotopic (exact) mass is 754 g/mol. The average Bonchev–Trinajstić information content (AvgIpc) is 3.44. The van der Waals surface area contributed by atoms with Gasteiger partial charge in [-0.25, -0.2) is 14.6 Å². The predicted octanol–water partition coefficient (Wildman–Crippen LogP) is 5.99. The Labute approximate surface area is 299 Å². The molecule has 1 atom stereocenters. The van der Waals surface area contributed by atoms with E-state index >= 15 is 0 Å². The number of ether oxygens (including phenoxy) is 4. The van der Waals surface area contributed by atoms with E-state index in [-0.39, 0.29) is 29.9 Å². The van der Waals surface area contributed by atoms with E-state index in [0.29, 0.717) is 47.9 Å². The topological polar surface area (TPSA) is 126 Å². The van der Waals surface area contributed by atoms with Crippen LogP contribution in [0.1, 0.15) is 45.6 Å². The van der Waals surface area contributed by atoms with Gasteiger partial charge in [-0.15, -0.1) is 0 Å². The van der Waals surface area contributed by atoms with Gasteiger partial charge in [-0.1, -0.05) is 65.9 Å². The number of hydrogen-bond acceptors (Lipinski definition) is 9. The summed E-state index contributed by atoms with van der Waals surface area (Å²) in [6, 6.07) is 25.7. The summed E-state index contributed by atoms with van der Waals surface area (Å²) < 4.78 is 25.2. The van der Waals surface area contributed by atoms with Gasteiger partial charge in [0.2, 0.25) is 0 Å². The lowest BCUT2D eigenvalue weighted by atomic mass is 9.93. The van der Waals surface area contributed by atoms with Crippen LogP contribution in [0.5, 0.6) is 17.2 Å². The third kappa shape index (κ3) is 6.98. The number of esters is 1. The van der Waals surface area contributed by atoms with E-state index in [0.717, 1.165) is 11.1 Å². The Morgan fingerprint density at radius 2 is 1.66 bits per heavy atom. The minimum Gasteiger partial charge on any atom is -0.493 e. The molecular weight excluding hydrogens is 724 g/mol. The average molecular weight is 756 g/mol. The number of thiazole rings is 1. The number of aromatic carboxylic acids is 1. The van der Waals surface area contributed by atoms with Crippen molar-refractivity contribution in [2.45, 2.75) is 19.6 Å². The second-order valence-electron chi connectivity index (χ2n) is 11.0. The van der Waals surface area contributed by atoms with Gasteiger partial charge in [-0.3, -0.25) is 9.36 Å². The zero-order valence-electron chi connectivity index (χ0n) is 27.2. The van der Waals surface area contributed by atoms with Gasteiger partial charge in [-0.2, -0.15) is 0 Å². The molecule has 12 heteroatoms. The fourth-order valence-corrected chi connectivity index (χ4v) is 7.07. The summed E-state index contributed by atoms with van der Waals surface area (Å²) in [7, 11) is 3.06. The van der Waals surface area contributed by atoms with Gasteiger partial charge >= 0.3 is 11.9 Å². The Hall–Kier alpha value is -5.46. The van der Waals surface area contributed by atoms with Crippen molar-refractivity contribution in [2.75, 3.05) is 20.8 Å². The van der Waals surface area contributed by atoms with Crippen LogP contribution in [0.25, 0.3) is 11.8 Å². The minimum atomic E-state index is -0.990. The summed E-state index contributed by atoms with van der Waals surface area (Å²) in [6.45, 7) is 2.10. The lowest BCUT2D eigenvalue weighted by Crippen LogP contribution is -2.40. The summed E-state index contributed by atoms with van der Waals surface area (Å²) in [6.07, 6.45) is 1.77. The summed E-state index contributed by atoms with van der Waals surface area (Å²) in [4.78, 5) is 44.5. The normalized spacial score (nSPS) is 14.1. The summed E-state index contributed by atoms with van der Waals surface area (Å²) in [5, 5.41) is 9.14. The first-order valence-electron chi connectivity index (χ1n) is 15.5. The quantitative estimate of drug-likeness (QED) is 0.163. The number of methoxy groups -OCH3 is 2. The van der Waals surface area contributed by atoms with Crippen molar-refractivity contribution < 1.29 is 33.6 Å². The zero-order valence-corrected chi connectivity index (χ0v) is 29.6. The fraction of sp³-hybridized carbons (Fsp3) is 0.158. The van der Waals surface area contributed by atoms with E-state index < -0.39 is 18.0 Å². The number of aromatic nitrogens is 1. The van der Waals surface area contributed by atoms with Gasteiger partial charge in [0.15, 0.2) is 16.3 Å². The maximum atomic E-state index is 14.3. The highest BCUT2D eigenvalue weighted by atomic mass is 79.9. The van der Waals surface area contributed by atoms with Crippen molar-refractivity contribution in [1.82, 2.24) is 4.57 Å². The number of fused-ring (bicyclic) bond motifs is 1. The van der Waals surface area contributed by atoms with Crippen molar-refractivity contribution in [2.24, 2.45) is 4.99 Å². The van der Waals surface area contributed by atoms with Gasteiger partial charge in [0.05, 0.1) is 52.7 Å². The van der Waals surface area contributed by atoms with Gasteiger partial charge < -0.3 is 24.1 Å². The van der Waals surface area contributed by atoms with Crippen molar-refractivity contribution in [3.8, 4) is 17.2 Å². The highest BCUT2D eigenvalue weighted by Crippen LogP contribution is 2.38. The van der Waals surface area contributed by atoms with Gasteiger partial charge in [0.1, 0.15) is 12.4 Å². The van der Waals surface area contributed by atoms with Crippen LogP contribution in [0.4, 0.5) is 0 Å². The van der Waals surface area contributed by atoms with Crippen LogP contribution in [0.3, 0.4) is 0 Å². The van der Waals surface area contributed by atoms with Crippen molar-refractivity contribution in [1.29, 1.82) is 0 Å². The zero-order chi connectivity index (χ0) is 35.4. The maximum Gasteiger partial charge on any atom is 0.338 e. The van der Waals surface area contributed by atoms with Gasteiger partial charge in [0.25, 0.3) is 5.56 Å². The van der Waals surface area contributed by atoms with E-state index in [1.54, 1.807) is 49.4 Å². The molecule has 1 N–H and O–H groups in total. The van der Waals surface area contributed by atoms with Crippen molar-refractivity contribution in [3.05, 3.63) is 149 Å². The number of carbonyl (C=O) groups is 2. The van der Waals surface area contributed by atoms with E-state index in [1.807, 2.05) is 42.5 Å². The molecule has 6 rings (SSSR count). The molecule has 0 saturated heterocycles. The molecule has 0 unspecified atom stereocenters. The fourth-order valence-electron chi connectivity index (χ4n) is 5.56. The summed E-state index contributed by atoms with van der Waals surface area (Å²) in [5.41, 5.74) is 3.38. The van der Waals surface area contributed by atoms with Gasteiger partial charge in [0, 0.05) is 5.56 Å². The number of carbonyl (C=O) groups excluding carboxylic acids is 1. The lowest BCUT2D eigenvalue weighted by Gasteiger charge is -2.26. The first kappa shape index (κ1) is 34.4. The number of nitrogens with zero attached hydrogens (tertiary/aromatic N) is 2. The van der Waals surface area contributed by atoms with Crippen molar-refractivity contribution >= 4 is 51.0 Å². The standard InChI is InChI=1S/C38H31BrN2O8S/c1-4-48-37(45)32-33(24-8-6-5-7-9-24)40-38-41(34(32)26-15-17-29(46-2)30(20-26)47-3)35(42)31(50-38)19-23-12-16-28(27(39)18-23)49-21-22-10-13-25(14-11-22)36(43)44/h5-20,34H,4,21H2,1-3H3,(H,43,44)/b31-19+/t34-/m0/s1. The molecule has 2 heterocycles. The number of halogens is 1. The molecule has 10 nitrogen and oxygen atoms in total. The Morgan fingerprint density at radius 3 is 2.32 bits per heavy atom. The lowest BCUT2D eigenvalue weighted by molar-refractivity contribution is -0.138. The Kier molecular flexibility index (Phi) is 10.3. The largest absolute Gasteiger partial charge is 0.493 e. The van der Waals surface area contributed by atoms with E-state index in [9.17, 15) is 14.4 Å². The first-order valence-corrected chi connectivity index (χ1v) is 17.1. The minimum absolute atomic E-state index is 0.138. The molecule has 0 amide bonds. The molecule has 4 aromatic carbocycles. The molecule has 0 aliphatic carbocycles. The van der Waals surface area contributed by atoms with Crippen LogP contribution in [-0.4, -0.2) is 42.4 Å². The highest BCUT2D eigenvalue weighted by molar-refractivity contribution is 9.10. The molecule has 0 fully saturated rings. The third-order valence-corrected chi connectivity index (χ3v) is 9.55. The SMILES string of the molecule is CCOC(=O)C1=C(c2ccccc2)N=c2s/c(=C/c3ccc(OCc4ccc(C(=O)O)cc4)c(Br)c3)c(=O)n2[C@H]1c1ccc(OC)c(OC)c1. The molecule has 0 bridgehead atoms. The first-order chi connectivity index (χ1) is 24.2. The van der Waals surface area contributed by atoms with Crippen LogP contribution in [0, 0.1) is 0 Å². The van der Waals surface area contributed by atoms with E-state index in [1.165, 1.54) is 42.3 Å². The van der Waals surface area contributed by atoms with E-state index in [2.05, 4.69) is 15.9 Å². The highest BCUT2D eigenvalue weighted by Gasteiger charge is 2.35. The molecular formula is C38H31BrN2O8S. The second kappa shape index (κ2) is 15.0. The molecule has 1 aromatic heterocycles. The van der Waals surface area contributed by atoms with Crippen LogP contribution in [-0.2, 0) is 16.1 Å². The molecule has 1 aliphatic rings. The molecule has 0 radical (unpaired) electrons. The Bertz CT molecular complexity index is 2300. The van der Waals surface area contributed by atoms with Crippen LogP contribution >= 0.6 is 27.3 Å². The molecule has 1 aliphatic heterocycles. The van der Waals surface area contributed by atoms with Crippen molar-refractivity contribution in [3.63, 3.8) is 0 Å². The summed E-state index contributed by atoms with van der Waals surface area (Å²) in [5.74, 6) is -0.0519. The third-order valence-electron chi connectivity index (χ3n) is 7.95. The second-order valence-corrected chi connectivity index (χ2v) is 12.9. The molecule has 5 aromatic rings. The molecule has 254 valence electrons. The molecule has 0 saturated carbocycles. The maximum absolute atomic E-state index is 14.3. The van der Waals surface area contributed by atoms with Crippen LogP contribution in [0.2, 0.25) is 0 Å². The Balaban J connectivity index is 1.44. The molecule has 0 spiro atoms. The number of rotatable bonds is 11. The molecule has 50 heavy (non-hydrogen) atoms. The smallest absolute Gasteiger partial charge is 0.338 e. The number of carboxylic acids is 1. The van der Waals surface area contributed by atoms with Gasteiger partial charge in [-0.05, 0) is 82.0 Å². The predicted molar refractivity (Wildman–Crippen MR) is 192 cm³/mol. The number of benzene rings is 4.